The van der Waals surface area contributed by atoms with Gasteiger partial charge in [0.1, 0.15) is 0 Å². The maximum Gasteiger partial charge on any atom is 0.237 e. The number of rotatable bonds is 2. The van der Waals surface area contributed by atoms with Crippen LogP contribution in [0.25, 0.3) is 0 Å². The third-order valence-electron chi connectivity index (χ3n) is 7.45. The van der Waals surface area contributed by atoms with E-state index in [1.807, 2.05) is 0 Å². The van der Waals surface area contributed by atoms with Crippen LogP contribution in [0, 0.1) is 11.8 Å². The Balaban J connectivity index is 1.54. The highest BCUT2D eigenvalue weighted by molar-refractivity contribution is 6.35. The van der Waals surface area contributed by atoms with Gasteiger partial charge < -0.3 is 4.74 Å². The number of hydrogen-bond donors (Lipinski definition) is 0. The third kappa shape index (κ3) is 2.34. The Bertz CT molecular complexity index is 1170. The van der Waals surface area contributed by atoms with E-state index in [0.29, 0.717) is 10.6 Å². The second-order valence-corrected chi connectivity index (χ2v) is 9.39. The molecule has 0 bridgehead atoms. The first-order valence-corrected chi connectivity index (χ1v) is 11.3. The fraction of sp³-hybridized carbons (Fsp3) is 0.360. The maximum absolute atomic E-state index is 13.7. The number of ether oxygens (including phenoxy) is 1. The summed E-state index contributed by atoms with van der Waals surface area (Å²) >= 11 is 6.44. The minimum absolute atomic E-state index is 0.196. The molecule has 6 nitrogen and oxygen atoms in total. The number of Topliss-reactive ketones (excluding diaryl/α,β-unsaturated/α-hetero) is 2. The van der Waals surface area contributed by atoms with Crippen LogP contribution in [0.1, 0.15) is 58.1 Å². The summed E-state index contributed by atoms with van der Waals surface area (Å²) in [6, 6.07) is 13.2. The van der Waals surface area contributed by atoms with E-state index in [-0.39, 0.29) is 23.1 Å². The number of carbonyl (C=O) groups excluding carboxylic acids is 4. The van der Waals surface area contributed by atoms with Crippen molar-refractivity contribution in [3.63, 3.8) is 0 Å². The molecule has 2 aromatic carbocycles. The number of likely N-dealkylation sites (tertiary alicyclic amines) is 1. The molecule has 3 fully saturated rings. The first kappa shape index (κ1) is 19.8. The number of carbonyl (C=O) groups is 4. The molecule has 0 N–H and O–H groups in total. The first-order chi connectivity index (χ1) is 15.5. The molecule has 3 atom stereocenters. The molecule has 2 aliphatic carbocycles. The lowest BCUT2D eigenvalue weighted by Gasteiger charge is -2.29. The predicted molar refractivity (Wildman–Crippen MR) is 114 cm³/mol. The Morgan fingerprint density at radius 1 is 0.844 bits per heavy atom. The Hall–Kier alpha value is -2.83. The van der Waals surface area contributed by atoms with Crippen molar-refractivity contribution in [3.8, 4) is 0 Å². The van der Waals surface area contributed by atoms with Crippen LogP contribution in [0.3, 0.4) is 0 Å². The number of amides is 2. The van der Waals surface area contributed by atoms with Gasteiger partial charge in [-0.05, 0) is 18.9 Å². The number of nitrogens with zero attached hydrogens (tertiary/aromatic N) is 1. The van der Waals surface area contributed by atoms with Gasteiger partial charge in [-0.1, -0.05) is 66.9 Å². The van der Waals surface area contributed by atoms with E-state index in [1.165, 1.54) is 4.90 Å². The van der Waals surface area contributed by atoms with Crippen LogP contribution in [0.5, 0.6) is 0 Å². The van der Waals surface area contributed by atoms with Crippen LogP contribution in [0.4, 0.5) is 0 Å². The van der Waals surface area contributed by atoms with Gasteiger partial charge in [0.05, 0.1) is 17.9 Å². The van der Waals surface area contributed by atoms with Gasteiger partial charge in [-0.2, -0.15) is 0 Å². The summed E-state index contributed by atoms with van der Waals surface area (Å²) in [7, 11) is 0. The van der Waals surface area contributed by atoms with E-state index in [2.05, 4.69) is 0 Å². The monoisotopic (exact) mass is 449 g/mol. The largest absolute Gasteiger partial charge is 0.349 e. The molecule has 2 saturated heterocycles. The quantitative estimate of drug-likeness (QED) is 0.515. The standard InChI is InChI=1S/C25H20ClNO5/c26-17-12-6-5-11-16(17)20-18-19(24(31)27(23(18)30)13-7-1-2-8-13)25(32-20)21(28)14-9-3-4-10-15(14)22(25)29/h3-6,9-13,18-20H,1-2,7-8H2. The predicted octanol–water partition coefficient (Wildman–Crippen LogP) is 3.77. The number of halogens is 1. The van der Waals surface area contributed by atoms with E-state index in [4.69, 9.17) is 16.3 Å². The molecule has 1 saturated carbocycles. The van der Waals surface area contributed by atoms with Crippen LogP contribution >= 0.6 is 11.6 Å². The van der Waals surface area contributed by atoms with Crippen molar-refractivity contribution in [1.82, 2.24) is 4.90 Å². The number of imide groups is 1. The lowest BCUT2D eigenvalue weighted by Crippen LogP contribution is -2.51. The number of fused-ring (bicyclic) bond motifs is 3. The summed E-state index contributed by atoms with van der Waals surface area (Å²) in [6.45, 7) is 0. The zero-order chi connectivity index (χ0) is 22.2. The highest BCUT2D eigenvalue weighted by Crippen LogP contribution is 2.58. The average molecular weight is 450 g/mol. The molecule has 2 aliphatic heterocycles. The number of ketones is 2. The smallest absolute Gasteiger partial charge is 0.237 e. The Kier molecular flexibility index (Phi) is 4.23. The molecule has 2 amide bonds. The minimum Gasteiger partial charge on any atom is -0.349 e. The molecule has 32 heavy (non-hydrogen) atoms. The molecule has 3 unspecified atom stereocenters. The van der Waals surface area contributed by atoms with E-state index >= 15 is 0 Å². The van der Waals surface area contributed by atoms with Gasteiger partial charge in [0.2, 0.25) is 29.0 Å². The molecular formula is C25H20ClNO5. The molecule has 7 heteroatoms. The summed E-state index contributed by atoms with van der Waals surface area (Å²) in [4.78, 5) is 56.0. The molecule has 162 valence electrons. The van der Waals surface area contributed by atoms with Crippen molar-refractivity contribution in [1.29, 1.82) is 0 Å². The van der Waals surface area contributed by atoms with Crippen LogP contribution in [-0.4, -0.2) is 39.9 Å². The van der Waals surface area contributed by atoms with Crippen LogP contribution < -0.4 is 0 Å². The summed E-state index contributed by atoms with van der Waals surface area (Å²) in [5, 5.41) is 0.364. The fourth-order valence-electron chi connectivity index (χ4n) is 6.05. The number of benzene rings is 2. The first-order valence-electron chi connectivity index (χ1n) is 10.9. The van der Waals surface area contributed by atoms with Gasteiger partial charge in [0.25, 0.3) is 0 Å². The van der Waals surface area contributed by atoms with E-state index in [9.17, 15) is 19.2 Å². The zero-order valence-electron chi connectivity index (χ0n) is 17.1. The highest BCUT2D eigenvalue weighted by Gasteiger charge is 2.75. The van der Waals surface area contributed by atoms with Crippen molar-refractivity contribution in [2.45, 2.75) is 43.4 Å². The zero-order valence-corrected chi connectivity index (χ0v) is 17.9. The van der Waals surface area contributed by atoms with E-state index in [0.717, 1.165) is 25.7 Å². The van der Waals surface area contributed by atoms with Gasteiger partial charge in [-0.15, -0.1) is 0 Å². The molecule has 2 aromatic rings. The normalized spacial score (nSPS) is 28.8. The van der Waals surface area contributed by atoms with E-state index < -0.39 is 41.0 Å². The molecule has 0 aromatic heterocycles. The average Bonchev–Trinajstić information content (AvgIpc) is 3.53. The molecule has 0 radical (unpaired) electrons. The number of hydrogen-bond acceptors (Lipinski definition) is 5. The third-order valence-corrected chi connectivity index (χ3v) is 7.80. The lowest BCUT2D eigenvalue weighted by molar-refractivity contribution is -0.147. The summed E-state index contributed by atoms with van der Waals surface area (Å²) in [5.74, 6) is -4.09. The summed E-state index contributed by atoms with van der Waals surface area (Å²) in [6.07, 6.45) is 2.40. The van der Waals surface area contributed by atoms with Crippen LogP contribution in [0.15, 0.2) is 48.5 Å². The Labute approximate surface area is 189 Å². The summed E-state index contributed by atoms with van der Waals surface area (Å²) in [5.41, 5.74) is -1.06. The van der Waals surface area contributed by atoms with Crippen molar-refractivity contribution in [2.75, 3.05) is 0 Å². The van der Waals surface area contributed by atoms with E-state index in [1.54, 1.807) is 48.5 Å². The maximum atomic E-state index is 13.7. The fourth-order valence-corrected chi connectivity index (χ4v) is 6.29. The Morgan fingerprint density at radius 3 is 2.06 bits per heavy atom. The summed E-state index contributed by atoms with van der Waals surface area (Å²) < 4.78 is 6.25. The minimum atomic E-state index is -2.03. The second-order valence-electron chi connectivity index (χ2n) is 8.99. The Morgan fingerprint density at radius 2 is 1.44 bits per heavy atom. The molecular weight excluding hydrogens is 430 g/mol. The van der Waals surface area contributed by atoms with Gasteiger partial charge in [0.15, 0.2) is 0 Å². The van der Waals surface area contributed by atoms with Crippen molar-refractivity contribution >= 4 is 35.0 Å². The SMILES string of the molecule is O=C1C2C(c3ccccc3Cl)OC3(C(=O)c4ccccc4C3=O)C2C(=O)N1C1CCCC1. The van der Waals surface area contributed by atoms with Gasteiger partial charge >= 0.3 is 0 Å². The topological polar surface area (TPSA) is 80.8 Å². The van der Waals surface area contributed by atoms with Crippen molar-refractivity contribution in [3.05, 3.63) is 70.2 Å². The molecule has 4 aliphatic rings. The van der Waals surface area contributed by atoms with Gasteiger partial charge in [-0.3, -0.25) is 24.1 Å². The van der Waals surface area contributed by atoms with Crippen LogP contribution in [0.2, 0.25) is 5.02 Å². The van der Waals surface area contributed by atoms with Crippen molar-refractivity contribution in [2.24, 2.45) is 11.8 Å². The van der Waals surface area contributed by atoms with Gasteiger partial charge in [0, 0.05) is 27.8 Å². The van der Waals surface area contributed by atoms with Gasteiger partial charge in [-0.25, -0.2) is 0 Å². The lowest BCUT2D eigenvalue weighted by atomic mass is 9.77. The molecule has 1 spiro atoms. The van der Waals surface area contributed by atoms with Crippen LogP contribution in [-0.2, 0) is 14.3 Å². The highest BCUT2D eigenvalue weighted by atomic mass is 35.5. The molecule has 2 heterocycles. The second kappa shape index (κ2) is 6.83. The van der Waals surface area contributed by atoms with Crippen molar-refractivity contribution < 1.29 is 23.9 Å². The molecule has 6 rings (SSSR count).